The summed E-state index contributed by atoms with van der Waals surface area (Å²) in [6.45, 7) is 0. The van der Waals surface area contributed by atoms with E-state index in [0.717, 1.165) is 0 Å². The molecule has 2 heterocycles. The number of benzene rings is 1. The van der Waals surface area contributed by atoms with Crippen LogP contribution in [0.25, 0.3) is 0 Å². The molecule has 0 saturated heterocycles. The van der Waals surface area contributed by atoms with Gasteiger partial charge in [0.25, 0.3) is 11.8 Å². The van der Waals surface area contributed by atoms with Gasteiger partial charge in [0.05, 0.1) is 16.8 Å². The Morgan fingerprint density at radius 2 is 2.07 bits per heavy atom. The van der Waals surface area contributed by atoms with Crippen molar-refractivity contribution in [2.45, 2.75) is 0 Å². The molecule has 4 N–H and O–H groups in total. The lowest BCUT2D eigenvalue weighted by Crippen LogP contribution is -2.33. The molecular weight excluding hydrogens is 456 g/mol. The summed E-state index contributed by atoms with van der Waals surface area (Å²) >= 11 is 9.19. The van der Waals surface area contributed by atoms with Crippen molar-refractivity contribution in [3.05, 3.63) is 63.6 Å². The van der Waals surface area contributed by atoms with Gasteiger partial charge in [-0.3, -0.25) is 25.4 Å². The first-order chi connectivity index (χ1) is 13.5. The summed E-state index contributed by atoms with van der Waals surface area (Å²) in [5.74, 6) is -0.423. The van der Waals surface area contributed by atoms with Crippen LogP contribution in [0.2, 0.25) is 5.02 Å². The maximum Gasteiger partial charge on any atom is 0.419 e. The van der Waals surface area contributed by atoms with Gasteiger partial charge in [-0.15, -0.1) is 5.10 Å². The van der Waals surface area contributed by atoms with E-state index in [1.807, 2.05) is 0 Å². The highest BCUT2D eigenvalue weighted by Gasteiger charge is 2.20. The number of nitrogens with zero attached hydrogens (tertiary/aromatic N) is 3. The maximum atomic E-state index is 12.3. The smallest absolute Gasteiger partial charge is 0.388 e. The number of hydroxylamine groups is 2. The van der Waals surface area contributed by atoms with Gasteiger partial charge >= 0.3 is 6.09 Å². The number of ether oxygens (including phenoxy) is 1. The van der Waals surface area contributed by atoms with E-state index in [-0.39, 0.29) is 32.6 Å². The molecule has 12 heteroatoms. The number of allylic oxidation sites excluding steroid dienone is 1. The molecule has 0 atom stereocenters. The molecule has 0 saturated carbocycles. The zero-order valence-electron chi connectivity index (χ0n) is 13.9. The third-order valence-corrected chi connectivity index (χ3v) is 4.38. The summed E-state index contributed by atoms with van der Waals surface area (Å²) in [5.41, 5.74) is 0.268. The predicted octanol–water partition coefficient (Wildman–Crippen LogP) is 3.25. The Labute approximate surface area is 171 Å². The first-order valence-corrected chi connectivity index (χ1v) is 8.79. The highest BCUT2D eigenvalue weighted by atomic mass is 79.9. The molecule has 1 aromatic heterocycles. The second kappa shape index (κ2) is 8.69. The molecule has 28 heavy (non-hydrogen) atoms. The number of aromatic nitrogens is 2. The Balaban J connectivity index is 1.66. The Hall–Kier alpha value is -3.15. The lowest BCUT2D eigenvalue weighted by molar-refractivity contribution is -0.0102. The molecule has 0 bridgehead atoms. The number of hydrogen-bond donors (Lipinski definition) is 4. The second-order valence-corrected chi connectivity index (χ2v) is 6.36. The van der Waals surface area contributed by atoms with Crippen LogP contribution in [0.4, 0.5) is 10.6 Å². The molecular formula is C16H12BrClN6O4. The van der Waals surface area contributed by atoms with Gasteiger partial charge in [0.1, 0.15) is 16.1 Å². The largest absolute Gasteiger partial charge is 0.419 e. The molecule has 0 spiro atoms. The average molecular weight is 468 g/mol. The van der Waals surface area contributed by atoms with Gasteiger partial charge in [0.2, 0.25) is 0 Å². The quantitative estimate of drug-likeness (QED) is 0.546. The van der Waals surface area contributed by atoms with Crippen LogP contribution in [0.5, 0.6) is 5.88 Å². The van der Waals surface area contributed by atoms with E-state index in [4.69, 9.17) is 16.3 Å². The fraction of sp³-hybridized carbons (Fsp3) is 0. The molecule has 0 aliphatic carbocycles. The van der Waals surface area contributed by atoms with E-state index in [0.29, 0.717) is 5.06 Å². The molecule has 2 aromatic rings. The number of carbonyl (C=O) groups is 2. The summed E-state index contributed by atoms with van der Waals surface area (Å²) in [6, 6.07) is 6.53. The molecule has 1 aromatic carbocycles. The predicted molar refractivity (Wildman–Crippen MR) is 104 cm³/mol. The molecule has 1 aliphatic heterocycles. The van der Waals surface area contributed by atoms with E-state index in [1.165, 1.54) is 24.7 Å². The summed E-state index contributed by atoms with van der Waals surface area (Å²) in [5, 5.41) is 21.9. The highest BCUT2D eigenvalue weighted by molar-refractivity contribution is 9.10. The zero-order valence-corrected chi connectivity index (χ0v) is 16.2. The summed E-state index contributed by atoms with van der Waals surface area (Å²) in [4.78, 5) is 28.1. The zero-order chi connectivity index (χ0) is 20.1. The minimum Gasteiger partial charge on any atom is -0.388 e. The van der Waals surface area contributed by atoms with Crippen LogP contribution in [0.15, 0.2) is 58.0 Å². The Kier molecular flexibility index (Phi) is 6.09. The van der Waals surface area contributed by atoms with Crippen LogP contribution in [-0.2, 0) is 0 Å². The summed E-state index contributed by atoms with van der Waals surface area (Å²) in [6.07, 6.45) is 4.35. The minimum atomic E-state index is -0.926. The number of hydrogen-bond acceptors (Lipinski definition) is 7. The Morgan fingerprint density at radius 1 is 1.29 bits per heavy atom. The lowest BCUT2D eigenvalue weighted by Gasteiger charge is -2.14. The topological polar surface area (TPSA) is 132 Å². The van der Waals surface area contributed by atoms with Crippen molar-refractivity contribution < 1.29 is 19.5 Å². The minimum absolute atomic E-state index is 0.0152. The second-order valence-electron chi connectivity index (χ2n) is 5.16. The SMILES string of the molecule is O=C(NC1=CC=NC=CN1O)Oc1n[nH]c(NC(=O)c2ccccc2Cl)c1Br. The number of aromatic amines is 1. The normalized spacial score (nSPS) is 13.0. The van der Waals surface area contributed by atoms with Crippen LogP contribution in [0.3, 0.4) is 0 Å². The number of amides is 2. The van der Waals surface area contributed by atoms with Crippen molar-refractivity contribution in [2.24, 2.45) is 4.99 Å². The molecule has 0 radical (unpaired) electrons. The standard InChI is InChI=1S/C16H12BrClN6O4/c17-12-13(21-14(25)9-3-1-2-4-10(9)18)22-23-15(12)28-16(26)20-11-5-6-19-7-8-24(11)27/h1-8,27H,(H,20,26)(H2,21,22,23,25). The van der Waals surface area contributed by atoms with Crippen molar-refractivity contribution in [3.63, 3.8) is 0 Å². The van der Waals surface area contributed by atoms with Gasteiger partial charge in [-0.05, 0) is 34.1 Å². The Morgan fingerprint density at radius 3 is 2.86 bits per heavy atom. The van der Waals surface area contributed by atoms with Crippen molar-refractivity contribution in [1.82, 2.24) is 20.6 Å². The molecule has 3 rings (SSSR count). The first-order valence-electron chi connectivity index (χ1n) is 7.62. The maximum absolute atomic E-state index is 12.3. The van der Waals surface area contributed by atoms with Gasteiger partial charge in [0.15, 0.2) is 0 Å². The molecule has 144 valence electrons. The first kappa shape index (κ1) is 19.6. The van der Waals surface area contributed by atoms with Gasteiger partial charge in [-0.2, -0.15) is 0 Å². The number of halogens is 2. The van der Waals surface area contributed by atoms with Crippen LogP contribution < -0.4 is 15.4 Å². The fourth-order valence-electron chi connectivity index (χ4n) is 2.03. The van der Waals surface area contributed by atoms with E-state index in [2.05, 4.69) is 41.8 Å². The highest BCUT2D eigenvalue weighted by Crippen LogP contribution is 2.30. The third-order valence-electron chi connectivity index (χ3n) is 3.31. The van der Waals surface area contributed by atoms with Crippen molar-refractivity contribution in [2.75, 3.05) is 5.32 Å². The van der Waals surface area contributed by atoms with Crippen LogP contribution in [-0.4, -0.2) is 38.7 Å². The van der Waals surface area contributed by atoms with Crippen LogP contribution in [0.1, 0.15) is 10.4 Å². The molecule has 2 amide bonds. The monoisotopic (exact) mass is 466 g/mol. The summed E-state index contributed by atoms with van der Waals surface area (Å²) < 4.78 is 5.27. The van der Waals surface area contributed by atoms with Crippen LogP contribution in [0, 0.1) is 0 Å². The lowest BCUT2D eigenvalue weighted by atomic mass is 10.2. The van der Waals surface area contributed by atoms with E-state index >= 15 is 0 Å². The Bertz CT molecular complexity index is 1000. The van der Waals surface area contributed by atoms with Gasteiger partial charge < -0.3 is 10.1 Å². The average Bonchev–Trinajstić information content (AvgIpc) is 2.86. The van der Waals surface area contributed by atoms with E-state index in [9.17, 15) is 14.8 Å². The number of aliphatic imine (C=N–C) groups is 1. The van der Waals surface area contributed by atoms with Gasteiger partial charge in [-0.25, -0.2) is 9.86 Å². The van der Waals surface area contributed by atoms with Gasteiger partial charge in [-0.1, -0.05) is 23.7 Å². The van der Waals surface area contributed by atoms with Crippen LogP contribution >= 0.6 is 27.5 Å². The number of nitrogens with one attached hydrogen (secondary N) is 3. The van der Waals surface area contributed by atoms with Crippen molar-refractivity contribution in [3.8, 4) is 5.88 Å². The van der Waals surface area contributed by atoms with Gasteiger partial charge in [0, 0.05) is 12.4 Å². The number of anilines is 1. The van der Waals surface area contributed by atoms with Crippen molar-refractivity contribution in [1.29, 1.82) is 0 Å². The number of rotatable bonds is 4. The molecule has 10 nitrogen and oxygen atoms in total. The number of H-pyrrole nitrogens is 1. The fourth-order valence-corrected chi connectivity index (χ4v) is 2.61. The molecule has 0 fully saturated rings. The third kappa shape index (κ3) is 4.57. The van der Waals surface area contributed by atoms with E-state index in [1.54, 1.807) is 24.3 Å². The van der Waals surface area contributed by atoms with Crippen molar-refractivity contribution >= 4 is 51.6 Å². The molecule has 1 aliphatic rings. The van der Waals surface area contributed by atoms with E-state index < -0.39 is 12.0 Å². The molecule has 0 unspecified atom stereocenters. The summed E-state index contributed by atoms with van der Waals surface area (Å²) in [7, 11) is 0. The number of carbonyl (C=O) groups excluding carboxylic acids is 2.